The molecule has 0 aliphatic heterocycles. The number of nitrogens with one attached hydrogen (secondary N) is 3. The Morgan fingerprint density at radius 2 is 1.63 bits per heavy atom. The van der Waals surface area contributed by atoms with Gasteiger partial charge in [0.25, 0.3) is 11.8 Å². The summed E-state index contributed by atoms with van der Waals surface area (Å²) in [4.78, 5) is 42.9. The molecule has 2 aromatic heterocycles. The summed E-state index contributed by atoms with van der Waals surface area (Å²) in [6.07, 6.45) is 2.99. The topological polar surface area (TPSA) is 139 Å². The largest absolute Gasteiger partial charge is 0.458 e. The van der Waals surface area contributed by atoms with Crippen LogP contribution in [0.3, 0.4) is 0 Å². The number of rotatable bonds is 10. The third kappa shape index (κ3) is 7.47. The van der Waals surface area contributed by atoms with Crippen molar-refractivity contribution >= 4 is 17.8 Å². The molecule has 0 saturated carbocycles. The third-order valence-corrected chi connectivity index (χ3v) is 6.33. The first-order valence-electron chi connectivity index (χ1n) is 13.6. The van der Waals surface area contributed by atoms with E-state index < -0.39 is 23.5 Å². The molecule has 3 N–H and O–H groups in total. The van der Waals surface area contributed by atoms with Gasteiger partial charge in [0.05, 0.1) is 11.9 Å². The van der Waals surface area contributed by atoms with Crippen LogP contribution in [0.25, 0.3) is 22.7 Å². The molecule has 0 aliphatic rings. The number of H-pyrrole nitrogens is 1. The molecule has 4 aromatic rings. The maximum Gasteiger partial charge on any atom is 0.333 e. The Bertz CT molecular complexity index is 1500. The average molecular weight is 558 g/mol. The van der Waals surface area contributed by atoms with Gasteiger partial charge in [0.15, 0.2) is 11.7 Å². The minimum Gasteiger partial charge on any atom is -0.458 e. The minimum absolute atomic E-state index is 0.0585. The molecule has 0 spiro atoms. The predicted molar refractivity (Wildman–Crippen MR) is 154 cm³/mol. The van der Waals surface area contributed by atoms with Crippen molar-refractivity contribution in [2.45, 2.75) is 65.1 Å². The first kappa shape index (κ1) is 29.3. The van der Waals surface area contributed by atoms with Crippen LogP contribution in [0.1, 0.15) is 80.1 Å². The first-order chi connectivity index (χ1) is 19.6. The molecule has 0 fully saturated rings. The fourth-order valence-corrected chi connectivity index (χ4v) is 4.16. The second-order valence-electron chi connectivity index (χ2n) is 10.6. The highest BCUT2D eigenvalue weighted by Gasteiger charge is 2.29. The van der Waals surface area contributed by atoms with Gasteiger partial charge in [-0.15, -0.1) is 0 Å². The van der Waals surface area contributed by atoms with E-state index in [-0.39, 0.29) is 23.6 Å². The van der Waals surface area contributed by atoms with Gasteiger partial charge >= 0.3 is 5.97 Å². The molecular weight excluding hydrogens is 522 g/mol. The Labute approximate surface area is 238 Å². The zero-order valence-electron chi connectivity index (χ0n) is 23.9. The summed E-state index contributed by atoms with van der Waals surface area (Å²) < 4.78 is 11.3. The average Bonchev–Trinajstić information content (AvgIpc) is 3.65. The number of carbonyl (C=O) groups is 3. The summed E-state index contributed by atoms with van der Waals surface area (Å²) in [5, 5.41) is 12.8. The lowest BCUT2D eigenvalue weighted by molar-refractivity contribution is -0.157. The van der Waals surface area contributed by atoms with E-state index in [0.717, 1.165) is 18.4 Å². The second kappa shape index (κ2) is 12.6. The summed E-state index contributed by atoms with van der Waals surface area (Å²) in [6, 6.07) is 16.9. The van der Waals surface area contributed by atoms with Gasteiger partial charge in [-0.05, 0) is 57.4 Å². The SMILES string of the molecule is CCC(CC)NC(=O)c1cc(-c2cccc(-c3ncc(C(=O)NC(C(=O)OC(C)(C)C)c4ccccc4)o3)c2)[nH]n1. The van der Waals surface area contributed by atoms with Gasteiger partial charge in [-0.3, -0.25) is 14.7 Å². The number of carbonyl (C=O) groups excluding carboxylic acids is 3. The van der Waals surface area contributed by atoms with Gasteiger partial charge < -0.3 is 19.8 Å². The molecule has 10 heteroatoms. The maximum atomic E-state index is 13.1. The molecule has 0 bridgehead atoms. The number of hydrogen-bond donors (Lipinski definition) is 3. The third-order valence-electron chi connectivity index (χ3n) is 6.33. The van der Waals surface area contributed by atoms with Gasteiger partial charge in [0.2, 0.25) is 11.7 Å². The molecule has 1 unspecified atom stereocenters. The summed E-state index contributed by atoms with van der Waals surface area (Å²) >= 11 is 0. The van der Waals surface area contributed by atoms with Gasteiger partial charge in [0, 0.05) is 17.2 Å². The van der Waals surface area contributed by atoms with Crippen LogP contribution in [-0.4, -0.2) is 44.6 Å². The lowest BCUT2D eigenvalue weighted by Crippen LogP contribution is -2.38. The fraction of sp³-hybridized carbons (Fsp3) is 0.323. The van der Waals surface area contributed by atoms with Crippen LogP contribution in [-0.2, 0) is 9.53 Å². The highest BCUT2D eigenvalue weighted by Crippen LogP contribution is 2.26. The zero-order chi connectivity index (χ0) is 29.6. The van der Waals surface area contributed by atoms with Crippen LogP contribution in [0.2, 0.25) is 0 Å². The van der Waals surface area contributed by atoms with Gasteiger partial charge in [-0.2, -0.15) is 5.10 Å². The number of nitrogens with zero attached hydrogens (tertiary/aromatic N) is 2. The number of ether oxygens (including phenoxy) is 1. The van der Waals surface area contributed by atoms with Crippen molar-refractivity contribution in [3.8, 4) is 22.7 Å². The molecule has 2 amide bonds. The standard InChI is InChI=1S/C31H35N5O5/c1-6-22(7-2)33-27(37)24-17-23(35-36-24)20-14-11-15-21(16-20)29-32-18-25(40-29)28(38)34-26(19-12-9-8-10-13-19)30(39)41-31(3,4)5/h8-18,22,26H,6-7H2,1-5H3,(H,33,37)(H,34,38)(H,35,36). The number of aromatic amines is 1. The van der Waals surface area contributed by atoms with E-state index in [1.165, 1.54) is 6.20 Å². The normalized spacial score (nSPS) is 12.1. The Hall–Kier alpha value is -4.73. The Morgan fingerprint density at radius 1 is 0.927 bits per heavy atom. The Balaban J connectivity index is 1.51. The highest BCUT2D eigenvalue weighted by molar-refractivity contribution is 5.95. The van der Waals surface area contributed by atoms with Crippen LogP contribution >= 0.6 is 0 Å². The molecule has 0 radical (unpaired) electrons. The molecule has 2 heterocycles. The zero-order valence-corrected chi connectivity index (χ0v) is 23.9. The number of oxazole rings is 1. The molecule has 214 valence electrons. The summed E-state index contributed by atoms with van der Waals surface area (Å²) in [5.74, 6) is -1.27. The number of amides is 2. The van der Waals surface area contributed by atoms with Crippen LogP contribution in [0.4, 0.5) is 0 Å². The van der Waals surface area contributed by atoms with Crippen molar-refractivity contribution in [1.82, 2.24) is 25.8 Å². The Kier molecular flexibility index (Phi) is 9.01. The molecule has 0 aliphatic carbocycles. The van der Waals surface area contributed by atoms with Gasteiger partial charge in [-0.1, -0.05) is 56.3 Å². The maximum absolute atomic E-state index is 13.1. The van der Waals surface area contributed by atoms with E-state index in [4.69, 9.17) is 9.15 Å². The van der Waals surface area contributed by atoms with Crippen molar-refractivity contribution < 1.29 is 23.5 Å². The lowest BCUT2D eigenvalue weighted by Gasteiger charge is -2.24. The van der Waals surface area contributed by atoms with Gasteiger partial charge in [-0.25, -0.2) is 9.78 Å². The smallest absolute Gasteiger partial charge is 0.333 e. The van der Waals surface area contributed by atoms with E-state index >= 15 is 0 Å². The van der Waals surface area contributed by atoms with E-state index in [2.05, 4.69) is 25.8 Å². The molecule has 1 atom stereocenters. The van der Waals surface area contributed by atoms with Crippen LogP contribution < -0.4 is 10.6 Å². The van der Waals surface area contributed by atoms with Crippen molar-refractivity contribution in [3.05, 3.63) is 83.9 Å². The molecule has 10 nitrogen and oxygen atoms in total. The predicted octanol–water partition coefficient (Wildman–Crippen LogP) is 5.46. The van der Waals surface area contributed by atoms with Crippen molar-refractivity contribution in [2.75, 3.05) is 0 Å². The number of aromatic nitrogens is 3. The lowest BCUT2D eigenvalue weighted by atomic mass is 10.1. The van der Waals surface area contributed by atoms with E-state index in [1.807, 2.05) is 38.1 Å². The number of esters is 1. The molecule has 4 rings (SSSR count). The molecule has 41 heavy (non-hydrogen) atoms. The molecule has 2 aromatic carbocycles. The van der Waals surface area contributed by atoms with E-state index in [1.54, 1.807) is 57.2 Å². The minimum atomic E-state index is -1.03. The van der Waals surface area contributed by atoms with Crippen molar-refractivity contribution in [1.29, 1.82) is 0 Å². The van der Waals surface area contributed by atoms with Gasteiger partial charge in [0.1, 0.15) is 5.60 Å². The molecular formula is C31H35N5O5. The first-order valence-corrected chi connectivity index (χ1v) is 13.6. The quantitative estimate of drug-likeness (QED) is 0.220. The molecule has 0 saturated heterocycles. The monoisotopic (exact) mass is 557 g/mol. The van der Waals surface area contributed by atoms with Crippen molar-refractivity contribution in [3.63, 3.8) is 0 Å². The van der Waals surface area contributed by atoms with E-state index in [0.29, 0.717) is 22.5 Å². The number of benzene rings is 2. The summed E-state index contributed by atoms with van der Waals surface area (Å²) in [5.41, 5.74) is 2.17. The van der Waals surface area contributed by atoms with Crippen LogP contribution in [0, 0.1) is 0 Å². The van der Waals surface area contributed by atoms with Crippen LogP contribution in [0.5, 0.6) is 0 Å². The summed E-state index contributed by atoms with van der Waals surface area (Å²) in [6.45, 7) is 9.34. The van der Waals surface area contributed by atoms with Crippen molar-refractivity contribution in [2.24, 2.45) is 0 Å². The highest BCUT2D eigenvalue weighted by atomic mass is 16.6. The number of hydrogen-bond acceptors (Lipinski definition) is 7. The Morgan fingerprint density at radius 3 is 2.32 bits per heavy atom. The van der Waals surface area contributed by atoms with E-state index in [9.17, 15) is 14.4 Å². The fourth-order valence-electron chi connectivity index (χ4n) is 4.16. The van der Waals surface area contributed by atoms with Crippen LogP contribution in [0.15, 0.2) is 71.3 Å². The second-order valence-corrected chi connectivity index (χ2v) is 10.6. The summed E-state index contributed by atoms with van der Waals surface area (Å²) in [7, 11) is 0.